The van der Waals surface area contributed by atoms with E-state index in [2.05, 4.69) is 11.8 Å². The third-order valence-corrected chi connectivity index (χ3v) is 6.07. The number of hydrogen-bond acceptors (Lipinski definition) is 2. The first kappa shape index (κ1) is 12.9. The quantitative estimate of drug-likeness (QED) is 0.815. The molecule has 1 aliphatic heterocycles. The highest BCUT2D eigenvalue weighted by molar-refractivity contribution is 5.03. The van der Waals surface area contributed by atoms with Crippen LogP contribution in [0.5, 0.6) is 0 Å². The molecular weight excluding hydrogens is 220 g/mol. The zero-order chi connectivity index (χ0) is 12.6. The summed E-state index contributed by atoms with van der Waals surface area (Å²) in [5.41, 5.74) is 6.63. The fourth-order valence-electron chi connectivity index (χ4n) is 5.19. The van der Waals surface area contributed by atoms with Crippen LogP contribution in [0.1, 0.15) is 64.7 Å². The summed E-state index contributed by atoms with van der Waals surface area (Å²) in [4.78, 5) is 2.88. The normalized spacial score (nSPS) is 46.0. The lowest BCUT2D eigenvalue weighted by molar-refractivity contribution is 0.0121. The van der Waals surface area contributed by atoms with Crippen LogP contribution in [0.15, 0.2) is 0 Å². The van der Waals surface area contributed by atoms with Crippen LogP contribution in [0.25, 0.3) is 0 Å². The van der Waals surface area contributed by atoms with Gasteiger partial charge < -0.3 is 5.73 Å². The molecule has 3 aliphatic rings. The third kappa shape index (κ3) is 2.12. The van der Waals surface area contributed by atoms with E-state index in [4.69, 9.17) is 5.73 Å². The Morgan fingerprint density at radius 3 is 2.72 bits per heavy atom. The molecule has 2 heteroatoms. The van der Waals surface area contributed by atoms with E-state index in [0.29, 0.717) is 5.54 Å². The second-order valence-corrected chi connectivity index (χ2v) is 7.22. The maximum Gasteiger partial charge on any atom is 0.0337 e. The van der Waals surface area contributed by atoms with Crippen LogP contribution in [0.2, 0.25) is 0 Å². The first-order valence-electron chi connectivity index (χ1n) is 8.22. The number of nitrogens with zero attached hydrogens (tertiary/aromatic N) is 1. The van der Waals surface area contributed by atoms with Crippen LogP contribution in [-0.4, -0.2) is 29.6 Å². The van der Waals surface area contributed by atoms with Crippen molar-refractivity contribution in [3.8, 4) is 0 Å². The number of rotatable bonds is 2. The molecule has 1 saturated heterocycles. The Kier molecular flexibility index (Phi) is 3.68. The highest BCUT2D eigenvalue weighted by Crippen LogP contribution is 2.45. The topological polar surface area (TPSA) is 29.3 Å². The summed E-state index contributed by atoms with van der Waals surface area (Å²) in [7, 11) is 0. The number of hydrogen-bond donors (Lipinski definition) is 1. The van der Waals surface area contributed by atoms with Crippen molar-refractivity contribution in [2.45, 2.75) is 76.3 Å². The molecule has 0 radical (unpaired) electrons. The molecule has 3 rings (SSSR count). The Morgan fingerprint density at radius 2 is 1.94 bits per heavy atom. The summed E-state index contributed by atoms with van der Waals surface area (Å²) >= 11 is 0. The molecule has 4 unspecified atom stereocenters. The predicted molar refractivity (Wildman–Crippen MR) is 76.5 cm³/mol. The average Bonchev–Trinajstić information content (AvgIpc) is 2.83. The second kappa shape index (κ2) is 5.13. The SMILES string of the molecule is CC1CCCC(CN)(N2CCC3CCCCC32)C1. The van der Waals surface area contributed by atoms with Gasteiger partial charge in [-0.3, -0.25) is 4.90 Å². The number of fused-ring (bicyclic) bond motifs is 1. The highest BCUT2D eigenvalue weighted by atomic mass is 15.3. The number of nitrogens with two attached hydrogens (primary N) is 1. The van der Waals surface area contributed by atoms with Gasteiger partial charge in [-0.15, -0.1) is 0 Å². The lowest BCUT2D eigenvalue weighted by Crippen LogP contribution is -2.58. The van der Waals surface area contributed by atoms with Gasteiger partial charge in [0.05, 0.1) is 0 Å². The summed E-state index contributed by atoms with van der Waals surface area (Å²) in [6, 6.07) is 0.882. The molecule has 104 valence electrons. The second-order valence-electron chi connectivity index (χ2n) is 7.22. The summed E-state index contributed by atoms with van der Waals surface area (Å²) in [5.74, 6) is 1.88. The number of likely N-dealkylation sites (tertiary alicyclic amines) is 1. The van der Waals surface area contributed by atoms with Gasteiger partial charge in [0, 0.05) is 18.1 Å². The van der Waals surface area contributed by atoms with Crippen molar-refractivity contribution in [2.75, 3.05) is 13.1 Å². The molecular formula is C16H30N2. The Bertz CT molecular complexity index is 291. The van der Waals surface area contributed by atoms with Gasteiger partial charge in [-0.25, -0.2) is 0 Å². The van der Waals surface area contributed by atoms with Gasteiger partial charge in [-0.2, -0.15) is 0 Å². The first-order valence-corrected chi connectivity index (χ1v) is 8.22. The van der Waals surface area contributed by atoms with Crippen LogP contribution in [0.3, 0.4) is 0 Å². The minimum Gasteiger partial charge on any atom is -0.329 e. The van der Waals surface area contributed by atoms with Crippen molar-refractivity contribution in [1.82, 2.24) is 4.90 Å². The molecule has 0 aromatic rings. The van der Waals surface area contributed by atoms with E-state index in [1.54, 1.807) is 0 Å². The van der Waals surface area contributed by atoms with Crippen LogP contribution in [0, 0.1) is 11.8 Å². The van der Waals surface area contributed by atoms with Crippen LogP contribution >= 0.6 is 0 Å². The van der Waals surface area contributed by atoms with Crippen molar-refractivity contribution in [3.05, 3.63) is 0 Å². The lowest BCUT2D eigenvalue weighted by atomic mass is 9.74. The summed E-state index contributed by atoms with van der Waals surface area (Å²) < 4.78 is 0. The maximum absolute atomic E-state index is 6.26. The average molecular weight is 250 g/mol. The zero-order valence-corrected chi connectivity index (χ0v) is 12.0. The van der Waals surface area contributed by atoms with E-state index in [9.17, 15) is 0 Å². The van der Waals surface area contributed by atoms with Crippen LogP contribution in [-0.2, 0) is 0 Å². The summed E-state index contributed by atoms with van der Waals surface area (Å²) in [6.45, 7) is 4.65. The van der Waals surface area contributed by atoms with E-state index in [1.807, 2.05) is 0 Å². The molecule has 3 fully saturated rings. The molecule has 2 saturated carbocycles. The van der Waals surface area contributed by atoms with E-state index in [-0.39, 0.29) is 0 Å². The highest BCUT2D eigenvalue weighted by Gasteiger charge is 2.47. The van der Waals surface area contributed by atoms with Gasteiger partial charge in [0.25, 0.3) is 0 Å². The Labute approximate surface area is 112 Å². The minimum absolute atomic E-state index is 0.369. The molecule has 4 atom stereocenters. The van der Waals surface area contributed by atoms with Crippen molar-refractivity contribution in [3.63, 3.8) is 0 Å². The molecule has 2 N–H and O–H groups in total. The van der Waals surface area contributed by atoms with Crippen molar-refractivity contribution >= 4 is 0 Å². The smallest absolute Gasteiger partial charge is 0.0337 e. The summed E-state index contributed by atoms with van der Waals surface area (Å²) in [5, 5.41) is 0. The van der Waals surface area contributed by atoms with Crippen molar-refractivity contribution < 1.29 is 0 Å². The molecule has 18 heavy (non-hydrogen) atoms. The van der Waals surface area contributed by atoms with E-state index in [0.717, 1.165) is 24.4 Å². The minimum atomic E-state index is 0.369. The van der Waals surface area contributed by atoms with E-state index in [1.165, 1.54) is 64.3 Å². The van der Waals surface area contributed by atoms with Gasteiger partial charge in [0.1, 0.15) is 0 Å². The van der Waals surface area contributed by atoms with Crippen molar-refractivity contribution in [1.29, 1.82) is 0 Å². The van der Waals surface area contributed by atoms with Gasteiger partial charge in [0.2, 0.25) is 0 Å². The largest absolute Gasteiger partial charge is 0.329 e. The Hall–Kier alpha value is -0.0800. The zero-order valence-electron chi connectivity index (χ0n) is 12.0. The van der Waals surface area contributed by atoms with Gasteiger partial charge in [-0.1, -0.05) is 32.6 Å². The van der Waals surface area contributed by atoms with Gasteiger partial charge in [0.15, 0.2) is 0 Å². The van der Waals surface area contributed by atoms with E-state index < -0.39 is 0 Å². The van der Waals surface area contributed by atoms with Crippen LogP contribution in [0.4, 0.5) is 0 Å². The van der Waals surface area contributed by atoms with E-state index >= 15 is 0 Å². The lowest BCUT2D eigenvalue weighted by Gasteiger charge is -2.50. The summed E-state index contributed by atoms with van der Waals surface area (Å²) in [6.07, 6.45) is 12.8. The molecule has 0 aromatic heterocycles. The van der Waals surface area contributed by atoms with Gasteiger partial charge in [-0.05, 0) is 50.5 Å². The standard InChI is InChI=1S/C16H30N2/c1-13-5-4-9-16(11-13,12-17)18-10-8-14-6-2-3-7-15(14)18/h13-15H,2-12,17H2,1H3. The Morgan fingerprint density at radius 1 is 1.11 bits per heavy atom. The predicted octanol–water partition coefficient (Wildman–Crippen LogP) is 3.16. The monoisotopic (exact) mass is 250 g/mol. The molecule has 0 bridgehead atoms. The molecule has 0 aromatic carbocycles. The van der Waals surface area contributed by atoms with Gasteiger partial charge >= 0.3 is 0 Å². The molecule has 0 amide bonds. The first-order chi connectivity index (χ1) is 8.75. The van der Waals surface area contributed by atoms with Crippen LogP contribution < -0.4 is 5.73 Å². The van der Waals surface area contributed by atoms with Crippen molar-refractivity contribution in [2.24, 2.45) is 17.6 Å². The Balaban J connectivity index is 1.78. The third-order valence-electron chi connectivity index (χ3n) is 6.07. The molecule has 0 spiro atoms. The molecule has 1 heterocycles. The molecule has 2 aliphatic carbocycles. The fourth-order valence-corrected chi connectivity index (χ4v) is 5.19. The fraction of sp³-hybridized carbons (Fsp3) is 1.00. The molecule has 2 nitrogen and oxygen atoms in total. The maximum atomic E-state index is 6.26.